The number of rotatable bonds is 3. The summed E-state index contributed by atoms with van der Waals surface area (Å²) < 4.78 is 12.8. The lowest BCUT2D eigenvalue weighted by Gasteiger charge is -1.97. The minimum absolute atomic E-state index is 0.00573. The van der Waals surface area contributed by atoms with Crippen molar-refractivity contribution in [3.05, 3.63) is 47.8 Å². The van der Waals surface area contributed by atoms with Gasteiger partial charge in [0, 0.05) is 30.7 Å². The summed E-state index contributed by atoms with van der Waals surface area (Å²) >= 11 is 0. The lowest BCUT2D eigenvalue weighted by Crippen LogP contribution is -1.90. The predicted octanol–water partition coefficient (Wildman–Crippen LogP) is 2.22. The molecule has 1 aliphatic rings. The van der Waals surface area contributed by atoms with Gasteiger partial charge >= 0.3 is 0 Å². The Labute approximate surface area is 92.8 Å². The standard InChI is InChI=1S/C12H12FN3/c13-11-6-10(11)12-15-7-9(16-12)5-8-1-3-14-4-2-8/h1-4,7,10-11H,5-6H2,(H,15,16). The molecular formula is C12H12FN3. The van der Waals surface area contributed by atoms with E-state index in [2.05, 4.69) is 15.0 Å². The molecule has 2 unspecified atom stereocenters. The maximum atomic E-state index is 12.8. The Morgan fingerprint density at radius 1 is 1.38 bits per heavy atom. The van der Waals surface area contributed by atoms with Crippen molar-refractivity contribution in [3.63, 3.8) is 0 Å². The molecule has 16 heavy (non-hydrogen) atoms. The van der Waals surface area contributed by atoms with E-state index in [9.17, 15) is 4.39 Å². The van der Waals surface area contributed by atoms with Crippen molar-refractivity contribution in [1.82, 2.24) is 15.0 Å². The largest absolute Gasteiger partial charge is 0.345 e. The number of halogens is 1. The van der Waals surface area contributed by atoms with E-state index in [1.54, 1.807) is 18.6 Å². The normalized spacial score (nSPS) is 23.3. The van der Waals surface area contributed by atoms with Crippen molar-refractivity contribution in [1.29, 1.82) is 0 Å². The molecule has 3 nitrogen and oxygen atoms in total. The number of hydrogen-bond acceptors (Lipinski definition) is 2. The van der Waals surface area contributed by atoms with Gasteiger partial charge in [-0.1, -0.05) is 0 Å². The van der Waals surface area contributed by atoms with E-state index in [4.69, 9.17) is 0 Å². The first-order valence-corrected chi connectivity index (χ1v) is 5.39. The molecule has 82 valence electrons. The van der Waals surface area contributed by atoms with Crippen LogP contribution >= 0.6 is 0 Å². The topological polar surface area (TPSA) is 41.6 Å². The highest BCUT2D eigenvalue weighted by Crippen LogP contribution is 2.41. The van der Waals surface area contributed by atoms with Gasteiger partial charge in [0.05, 0.1) is 5.92 Å². The predicted molar refractivity (Wildman–Crippen MR) is 57.9 cm³/mol. The zero-order chi connectivity index (χ0) is 11.0. The molecule has 3 rings (SSSR count). The number of alkyl halides is 1. The van der Waals surface area contributed by atoms with Crippen LogP contribution in [-0.4, -0.2) is 21.1 Å². The second-order valence-corrected chi connectivity index (χ2v) is 4.18. The number of pyridine rings is 1. The number of nitrogens with one attached hydrogen (secondary N) is 1. The SMILES string of the molecule is FC1CC1c1ncc(Cc2ccncc2)[nH]1. The second-order valence-electron chi connectivity index (χ2n) is 4.18. The molecule has 2 atom stereocenters. The summed E-state index contributed by atoms with van der Waals surface area (Å²) in [6.45, 7) is 0. The van der Waals surface area contributed by atoms with Gasteiger partial charge in [-0.25, -0.2) is 9.37 Å². The van der Waals surface area contributed by atoms with Crippen molar-refractivity contribution in [2.45, 2.75) is 24.9 Å². The van der Waals surface area contributed by atoms with Crippen LogP contribution in [0.3, 0.4) is 0 Å². The summed E-state index contributed by atoms with van der Waals surface area (Å²) in [4.78, 5) is 11.4. The third kappa shape index (κ3) is 1.83. The zero-order valence-corrected chi connectivity index (χ0v) is 8.73. The van der Waals surface area contributed by atoms with Crippen molar-refractivity contribution in [2.75, 3.05) is 0 Å². The first kappa shape index (κ1) is 9.51. The van der Waals surface area contributed by atoms with Crippen molar-refractivity contribution in [2.24, 2.45) is 0 Å². The van der Waals surface area contributed by atoms with Crippen molar-refractivity contribution in [3.8, 4) is 0 Å². The molecule has 2 aromatic rings. The summed E-state index contributed by atoms with van der Waals surface area (Å²) in [5, 5.41) is 0. The van der Waals surface area contributed by atoms with Crippen LogP contribution in [-0.2, 0) is 6.42 Å². The fourth-order valence-electron chi connectivity index (χ4n) is 1.82. The Bertz CT molecular complexity index is 480. The lowest BCUT2D eigenvalue weighted by atomic mass is 10.2. The molecule has 2 aromatic heterocycles. The third-order valence-electron chi connectivity index (χ3n) is 2.86. The molecule has 0 saturated heterocycles. The molecule has 0 radical (unpaired) electrons. The Morgan fingerprint density at radius 3 is 2.81 bits per heavy atom. The smallest absolute Gasteiger partial charge is 0.112 e. The maximum Gasteiger partial charge on any atom is 0.112 e. The van der Waals surface area contributed by atoms with E-state index >= 15 is 0 Å². The molecule has 1 aliphatic carbocycles. The maximum absolute atomic E-state index is 12.8. The first-order valence-electron chi connectivity index (χ1n) is 5.39. The molecular weight excluding hydrogens is 205 g/mol. The monoisotopic (exact) mass is 217 g/mol. The zero-order valence-electron chi connectivity index (χ0n) is 8.73. The summed E-state index contributed by atoms with van der Waals surface area (Å²) in [5.41, 5.74) is 2.21. The highest BCUT2D eigenvalue weighted by Gasteiger charge is 2.40. The molecule has 0 spiro atoms. The van der Waals surface area contributed by atoms with Gasteiger partial charge < -0.3 is 4.98 Å². The number of nitrogens with zero attached hydrogens (tertiary/aromatic N) is 2. The fraction of sp³-hybridized carbons (Fsp3) is 0.333. The Balaban J connectivity index is 1.73. The van der Waals surface area contributed by atoms with E-state index in [-0.39, 0.29) is 5.92 Å². The van der Waals surface area contributed by atoms with Gasteiger partial charge in [-0.2, -0.15) is 0 Å². The quantitative estimate of drug-likeness (QED) is 0.856. The van der Waals surface area contributed by atoms with Gasteiger partial charge in [0.2, 0.25) is 0 Å². The molecule has 1 N–H and O–H groups in total. The average Bonchev–Trinajstić information content (AvgIpc) is 2.86. The van der Waals surface area contributed by atoms with Crippen LogP contribution in [0.15, 0.2) is 30.7 Å². The summed E-state index contributed by atoms with van der Waals surface area (Å²) in [6, 6.07) is 3.94. The molecule has 0 aromatic carbocycles. The lowest BCUT2D eigenvalue weighted by molar-refractivity contribution is 0.465. The fourth-order valence-corrected chi connectivity index (χ4v) is 1.82. The minimum Gasteiger partial charge on any atom is -0.345 e. The number of aromatic nitrogens is 3. The van der Waals surface area contributed by atoms with Crippen molar-refractivity contribution >= 4 is 0 Å². The highest BCUT2D eigenvalue weighted by molar-refractivity contribution is 5.21. The van der Waals surface area contributed by atoms with Crippen LogP contribution in [0, 0.1) is 0 Å². The number of H-pyrrole nitrogens is 1. The summed E-state index contributed by atoms with van der Waals surface area (Å²) in [7, 11) is 0. The van der Waals surface area contributed by atoms with E-state index in [0.29, 0.717) is 6.42 Å². The Morgan fingerprint density at radius 2 is 2.12 bits per heavy atom. The Kier molecular flexibility index (Phi) is 2.20. The average molecular weight is 217 g/mol. The molecule has 4 heteroatoms. The van der Waals surface area contributed by atoms with Crippen molar-refractivity contribution < 1.29 is 4.39 Å². The first-order chi connectivity index (χ1) is 7.83. The van der Waals surface area contributed by atoms with Crippen LogP contribution in [0.4, 0.5) is 4.39 Å². The van der Waals surface area contributed by atoms with E-state index in [1.165, 1.54) is 5.56 Å². The third-order valence-corrected chi connectivity index (χ3v) is 2.86. The number of hydrogen-bond donors (Lipinski definition) is 1. The molecule has 2 heterocycles. The molecule has 0 aliphatic heterocycles. The van der Waals surface area contributed by atoms with Crippen LogP contribution in [0.25, 0.3) is 0 Å². The van der Waals surface area contributed by atoms with Gasteiger partial charge in [0.1, 0.15) is 12.0 Å². The van der Waals surface area contributed by atoms with Gasteiger partial charge in [0.25, 0.3) is 0 Å². The molecule has 1 saturated carbocycles. The minimum atomic E-state index is -0.695. The molecule has 0 amide bonds. The van der Waals surface area contributed by atoms with Crippen LogP contribution in [0.5, 0.6) is 0 Å². The highest BCUT2D eigenvalue weighted by atomic mass is 19.1. The van der Waals surface area contributed by atoms with E-state index in [1.807, 2.05) is 12.1 Å². The molecule has 1 fully saturated rings. The Hall–Kier alpha value is -1.71. The van der Waals surface area contributed by atoms with Crippen LogP contribution in [0.2, 0.25) is 0 Å². The summed E-state index contributed by atoms with van der Waals surface area (Å²) in [6.07, 6.45) is 6.04. The van der Waals surface area contributed by atoms with Crippen LogP contribution in [0.1, 0.15) is 29.4 Å². The van der Waals surface area contributed by atoms with Gasteiger partial charge in [-0.05, 0) is 24.1 Å². The number of aromatic amines is 1. The van der Waals surface area contributed by atoms with E-state index < -0.39 is 6.17 Å². The number of imidazole rings is 1. The van der Waals surface area contributed by atoms with Crippen LogP contribution < -0.4 is 0 Å². The van der Waals surface area contributed by atoms with Gasteiger partial charge in [0.15, 0.2) is 0 Å². The molecule has 0 bridgehead atoms. The van der Waals surface area contributed by atoms with Gasteiger partial charge in [-0.15, -0.1) is 0 Å². The van der Waals surface area contributed by atoms with Gasteiger partial charge in [-0.3, -0.25) is 4.98 Å². The summed E-state index contributed by atoms with van der Waals surface area (Å²) in [5.74, 6) is 0.794. The van der Waals surface area contributed by atoms with E-state index in [0.717, 1.165) is 17.9 Å². The second kappa shape index (κ2) is 3.70.